The summed E-state index contributed by atoms with van der Waals surface area (Å²) in [6.45, 7) is 4.22. The first-order valence-corrected chi connectivity index (χ1v) is 7.66. The summed E-state index contributed by atoms with van der Waals surface area (Å²) >= 11 is 2.15. The molecular weight excluding hydrogens is 384 g/mol. The maximum absolute atomic E-state index is 13.8. The van der Waals surface area contributed by atoms with Gasteiger partial charge in [-0.25, -0.2) is 14.4 Å². The zero-order chi connectivity index (χ0) is 15.6. The largest absolute Gasteiger partial charge is 0.494 e. The van der Waals surface area contributed by atoms with E-state index in [1.54, 1.807) is 12.1 Å². The summed E-state index contributed by atoms with van der Waals surface area (Å²) in [5, 5.41) is 0. The number of anilines is 1. The highest BCUT2D eigenvalue weighted by Gasteiger charge is 2.14. The van der Waals surface area contributed by atoms with Crippen LogP contribution >= 0.6 is 22.6 Å². The van der Waals surface area contributed by atoms with Crippen LogP contribution in [0, 0.1) is 15.3 Å². The highest BCUT2D eigenvalue weighted by atomic mass is 127. The first-order chi connectivity index (χ1) is 9.92. The molecule has 0 aliphatic rings. The Morgan fingerprint density at radius 2 is 2.05 bits per heavy atom. The molecule has 1 aromatic carbocycles. The van der Waals surface area contributed by atoms with Gasteiger partial charge in [-0.05, 0) is 53.1 Å². The molecule has 1 heterocycles. The number of halogens is 2. The van der Waals surface area contributed by atoms with Gasteiger partial charge < -0.3 is 10.5 Å². The minimum absolute atomic E-state index is 0.194. The second kappa shape index (κ2) is 6.55. The van der Waals surface area contributed by atoms with Crippen molar-refractivity contribution >= 4 is 28.4 Å². The van der Waals surface area contributed by atoms with Crippen LogP contribution in [0.5, 0.6) is 5.75 Å². The molecule has 0 amide bonds. The van der Waals surface area contributed by atoms with Gasteiger partial charge in [0.05, 0.1) is 16.4 Å². The Labute approximate surface area is 137 Å². The van der Waals surface area contributed by atoms with Crippen LogP contribution in [0.2, 0.25) is 0 Å². The maximum atomic E-state index is 13.8. The summed E-state index contributed by atoms with van der Waals surface area (Å²) in [6, 6.07) is 4.65. The number of nitrogens with two attached hydrogens (primary N) is 1. The fraction of sp³-hybridized carbons (Fsp3) is 0.333. The van der Waals surface area contributed by atoms with Crippen molar-refractivity contribution < 1.29 is 9.13 Å². The minimum Gasteiger partial charge on any atom is -0.494 e. The lowest BCUT2D eigenvalue weighted by atomic mass is 10.1. The van der Waals surface area contributed by atoms with Gasteiger partial charge in [0, 0.05) is 5.56 Å². The molecule has 112 valence electrons. The average molecular weight is 401 g/mol. The van der Waals surface area contributed by atoms with Crippen molar-refractivity contribution in [2.75, 3.05) is 12.8 Å². The second-order valence-corrected chi connectivity index (χ2v) is 6.22. The molecule has 0 unspecified atom stereocenters. The Kier molecular flexibility index (Phi) is 4.97. The van der Waals surface area contributed by atoms with Crippen molar-refractivity contribution in [2.45, 2.75) is 20.3 Å². The minimum atomic E-state index is -0.443. The van der Waals surface area contributed by atoms with E-state index >= 15 is 0 Å². The number of aromatic nitrogens is 2. The molecule has 0 aliphatic heterocycles. The van der Waals surface area contributed by atoms with E-state index in [0.717, 1.165) is 15.7 Å². The van der Waals surface area contributed by atoms with E-state index in [2.05, 4.69) is 46.4 Å². The fourth-order valence-corrected chi connectivity index (χ4v) is 2.43. The first-order valence-electron chi connectivity index (χ1n) is 6.58. The Morgan fingerprint density at radius 1 is 1.33 bits per heavy atom. The van der Waals surface area contributed by atoms with E-state index < -0.39 is 5.82 Å². The normalized spacial score (nSPS) is 11.0. The van der Waals surface area contributed by atoms with Crippen molar-refractivity contribution in [3.05, 3.63) is 33.3 Å². The molecule has 0 radical (unpaired) electrons. The molecule has 0 aliphatic carbocycles. The molecule has 0 saturated heterocycles. The smallest absolute Gasteiger partial charge is 0.165 e. The quantitative estimate of drug-likeness (QED) is 0.795. The Hall–Kier alpha value is -1.44. The Bertz CT molecular complexity index is 662. The summed E-state index contributed by atoms with van der Waals surface area (Å²) in [4.78, 5) is 8.79. The SMILES string of the molecule is COc1ccc(-c2nc(N)c(I)c(CC(C)C)n2)cc1F. The summed E-state index contributed by atoms with van der Waals surface area (Å²) < 4.78 is 19.6. The molecule has 6 heteroatoms. The molecule has 4 nitrogen and oxygen atoms in total. The van der Waals surface area contributed by atoms with E-state index in [9.17, 15) is 4.39 Å². The van der Waals surface area contributed by atoms with Gasteiger partial charge in [0.1, 0.15) is 5.82 Å². The summed E-state index contributed by atoms with van der Waals surface area (Å²) in [5.41, 5.74) is 7.43. The van der Waals surface area contributed by atoms with Crippen molar-refractivity contribution in [1.29, 1.82) is 0 Å². The average Bonchev–Trinajstić information content (AvgIpc) is 2.43. The van der Waals surface area contributed by atoms with Crippen LogP contribution in [-0.2, 0) is 6.42 Å². The predicted octanol–water partition coefficient (Wildman–Crippen LogP) is 3.68. The van der Waals surface area contributed by atoms with E-state index in [1.807, 2.05) is 0 Å². The Balaban J connectivity index is 2.49. The number of nitrogen functional groups attached to an aromatic ring is 1. The van der Waals surface area contributed by atoms with Gasteiger partial charge in [0.15, 0.2) is 17.4 Å². The highest BCUT2D eigenvalue weighted by molar-refractivity contribution is 14.1. The first kappa shape index (κ1) is 15.9. The zero-order valence-corrected chi connectivity index (χ0v) is 14.3. The molecule has 0 spiro atoms. The van der Waals surface area contributed by atoms with E-state index in [4.69, 9.17) is 10.5 Å². The van der Waals surface area contributed by atoms with Crippen LogP contribution in [-0.4, -0.2) is 17.1 Å². The third kappa shape index (κ3) is 3.61. The third-order valence-corrected chi connectivity index (χ3v) is 4.13. The monoisotopic (exact) mass is 401 g/mol. The number of hydrogen-bond acceptors (Lipinski definition) is 4. The van der Waals surface area contributed by atoms with Crippen molar-refractivity contribution in [3.63, 3.8) is 0 Å². The number of benzene rings is 1. The molecule has 21 heavy (non-hydrogen) atoms. The van der Waals surface area contributed by atoms with Crippen LogP contribution < -0.4 is 10.5 Å². The van der Waals surface area contributed by atoms with Crippen LogP contribution in [0.1, 0.15) is 19.5 Å². The second-order valence-electron chi connectivity index (χ2n) is 5.14. The Morgan fingerprint density at radius 3 is 2.62 bits per heavy atom. The lowest BCUT2D eigenvalue weighted by molar-refractivity contribution is 0.386. The van der Waals surface area contributed by atoms with Gasteiger partial charge in [-0.3, -0.25) is 0 Å². The van der Waals surface area contributed by atoms with Crippen LogP contribution in [0.15, 0.2) is 18.2 Å². The molecule has 0 fully saturated rings. The topological polar surface area (TPSA) is 61.0 Å². The molecular formula is C15H17FIN3O. The van der Waals surface area contributed by atoms with Crippen LogP contribution in [0.4, 0.5) is 10.2 Å². The number of ether oxygens (including phenoxy) is 1. The van der Waals surface area contributed by atoms with Crippen LogP contribution in [0.3, 0.4) is 0 Å². The molecule has 2 rings (SSSR count). The predicted molar refractivity (Wildman–Crippen MR) is 89.6 cm³/mol. The zero-order valence-electron chi connectivity index (χ0n) is 12.2. The standard InChI is InChI=1S/C15H17FIN3O/c1-8(2)6-11-13(17)14(18)20-15(19-11)9-4-5-12(21-3)10(16)7-9/h4-5,7-8H,6H2,1-3H3,(H2,18,19,20). The molecule has 0 bridgehead atoms. The summed E-state index contributed by atoms with van der Waals surface area (Å²) in [6.07, 6.45) is 0.802. The van der Waals surface area contributed by atoms with Gasteiger partial charge in [0.25, 0.3) is 0 Å². The number of hydrogen-bond donors (Lipinski definition) is 1. The van der Waals surface area contributed by atoms with Gasteiger partial charge in [-0.1, -0.05) is 13.8 Å². The lowest BCUT2D eigenvalue weighted by Crippen LogP contribution is -2.07. The molecule has 2 aromatic rings. The lowest BCUT2D eigenvalue weighted by Gasteiger charge is -2.11. The molecule has 1 aromatic heterocycles. The molecule has 0 saturated carbocycles. The van der Waals surface area contributed by atoms with Crippen molar-refractivity contribution in [2.24, 2.45) is 5.92 Å². The summed E-state index contributed by atoms with van der Waals surface area (Å²) in [5.74, 6) is 1.06. The van der Waals surface area contributed by atoms with E-state index in [-0.39, 0.29) is 5.75 Å². The van der Waals surface area contributed by atoms with Gasteiger partial charge in [-0.15, -0.1) is 0 Å². The molecule has 2 N–H and O–H groups in total. The van der Waals surface area contributed by atoms with Crippen molar-refractivity contribution in [3.8, 4) is 17.1 Å². The van der Waals surface area contributed by atoms with Gasteiger partial charge in [-0.2, -0.15) is 0 Å². The fourth-order valence-electron chi connectivity index (χ4n) is 1.97. The number of methoxy groups -OCH3 is 1. The highest BCUT2D eigenvalue weighted by Crippen LogP contribution is 2.27. The van der Waals surface area contributed by atoms with Gasteiger partial charge in [0.2, 0.25) is 0 Å². The van der Waals surface area contributed by atoms with E-state index in [0.29, 0.717) is 23.1 Å². The summed E-state index contributed by atoms with van der Waals surface area (Å²) in [7, 11) is 1.43. The maximum Gasteiger partial charge on any atom is 0.165 e. The number of rotatable bonds is 4. The third-order valence-electron chi connectivity index (χ3n) is 2.96. The number of nitrogens with zero attached hydrogens (tertiary/aromatic N) is 2. The van der Waals surface area contributed by atoms with Crippen molar-refractivity contribution in [1.82, 2.24) is 9.97 Å². The molecule has 0 atom stereocenters. The van der Waals surface area contributed by atoms with Gasteiger partial charge >= 0.3 is 0 Å². The van der Waals surface area contributed by atoms with E-state index in [1.165, 1.54) is 13.2 Å². The van der Waals surface area contributed by atoms with Crippen LogP contribution in [0.25, 0.3) is 11.4 Å².